The Morgan fingerprint density at radius 2 is 1.65 bits per heavy atom. The Balaban J connectivity index is 1.34. The maximum atomic E-state index is 5.88. The van der Waals surface area contributed by atoms with Gasteiger partial charge in [-0.15, -0.1) is 0 Å². The molecule has 1 spiro atoms. The van der Waals surface area contributed by atoms with Crippen LogP contribution in [0.25, 0.3) is 0 Å². The van der Waals surface area contributed by atoms with Crippen molar-refractivity contribution in [2.75, 3.05) is 19.8 Å². The molecule has 2 heterocycles. The number of rotatable bonds is 2. The van der Waals surface area contributed by atoms with Crippen molar-refractivity contribution in [2.24, 2.45) is 11.3 Å². The van der Waals surface area contributed by atoms with E-state index in [0.29, 0.717) is 18.2 Å². The third kappa shape index (κ3) is 1.96. The van der Waals surface area contributed by atoms with Crippen LogP contribution in [0.3, 0.4) is 0 Å². The van der Waals surface area contributed by atoms with Gasteiger partial charge in [-0.2, -0.15) is 0 Å². The summed E-state index contributed by atoms with van der Waals surface area (Å²) in [5.74, 6) is 0.506. The van der Waals surface area contributed by atoms with Crippen LogP contribution in [0.4, 0.5) is 0 Å². The van der Waals surface area contributed by atoms with Gasteiger partial charge >= 0.3 is 0 Å². The van der Waals surface area contributed by atoms with Gasteiger partial charge in [0.1, 0.15) is 0 Å². The molecule has 4 aliphatic rings. The first kappa shape index (κ1) is 13.5. The Morgan fingerprint density at radius 3 is 2.35 bits per heavy atom. The van der Waals surface area contributed by atoms with Crippen LogP contribution in [-0.4, -0.2) is 43.8 Å². The molecule has 114 valence electrons. The second kappa shape index (κ2) is 4.67. The van der Waals surface area contributed by atoms with E-state index in [4.69, 9.17) is 14.2 Å². The minimum absolute atomic E-state index is 0.230. The van der Waals surface area contributed by atoms with Crippen molar-refractivity contribution in [3.63, 3.8) is 0 Å². The van der Waals surface area contributed by atoms with E-state index in [1.54, 1.807) is 0 Å². The van der Waals surface area contributed by atoms with E-state index in [-0.39, 0.29) is 11.2 Å². The molecule has 0 aromatic rings. The van der Waals surface area contributed by atoms with E-state index in [2.05, 4.69) is 19.2 Å². The summed E-state index contributed by atoms with van der Waals surface area (Å²) < 4.78 is 17.5. The Bertz CT molecular complexity index is 368. The van der Waals surface area contributed by atoms with Crippen molar-refractivity contribution in [3.05, 3.63) is 0 Å². The van der Waals surface area contributed by atoms with Crippen molar-refractivity contribution in [1.82, 2.24) is 5.32 Å². The quantitative estimate of drug-likeness (QED) is 0.841. The molecule has 3 atom stereocenters. The van der Waals surface area contributed by atoms with Gasteiger partial charge in [0, 0.05) is 42.9 Å². The predicted octanol–water partition coefficient (Wildman–Crippen LogP) is 2.08. The third-order valence-electron chi connectivity index (χ3n) is 6.08. The lowest BCUT2D eigenvalue weighted by Gasteiger charge is -2.56. The fourth-order valence-electron chi connectivity index (χ4n) is 4.93. The molecular weight excluding hydrogens is 254 g/mol. The average molecular weight is 281 g/mol. The normalized spacial score (nSPS) is 45.3. The SMILES string of the molecule is CC1(C)[C@H](NC2CCC3(CC2)OCCO3)[C@@H]2CCO[C@H]21. The number of nitrogens with one attached hydrogen (secondary N) is 1. The van der Waals surface area contributed by atoms with Crippen LogP contribution in [0.15, 0.2) is 0 Å². The summed E-state index contributed by atoms with van der Waals surface area (Å²) in [6.07, 6.45) is 6.14. The molecule has 2 saturated heterocycles. The third-order valence-corrected chi connectivity index (χ3v) is 6.08. The molecule has 2 aliphatic heterocycles. The molecule has 4 heteroatoms. The summed E-state index contributed by atoms with van der Waals surface area (Å²) in [5.41, 5.74) is 0.288. The van der Waals surface area contributed by atoms with E-state index in [0.717, 1.165) is 38.6 Å². The standard InChI is InChI=1S/C16H27NO3/c1-15(2)13(12-5-8-18-14(12)15)17-11-3-6-16(7-4-11)19-9-10-20-16/h11-14,17H,3-10H2,1-2H3/t12-,13+,14+/m0/s1. The first-order valence-electron chi connectivity index (χ1n) is 8.26. The maximum Gasteiger partial charge on any atom is 0.168 e. The molecule has 0 aromatic heterocycles. The van der Waals surface area contributed by atoms with Crippen LogP contribution in [0.5, 0.6) is 0 Å². The number of ether oxygens (including phenoxy) is 3. The molecule has 4 fully saturated rings. The lowest BCUT2D eigenvalue weighted by molar-refractivity contribution is -0.182. The molecule has 20 heavy (non-hydrogen) atoms. The molecule has 1 N–H and O–H groups in total. The summed E-state index contributed by atoms with van der Waals surface area (Å²) in [7, 11) is 0. The predicted molar refractivity (Wildman–Crippen MR) is 75.4 cm³/mol. The van der Waals surface area contributed by atoms with Crippen LogP contribution >= 0.6 is 0 Å². The first-order chi connectivity index (χ1) is 9.61. The number of fused-ring (bicyclic) bond motifs is 1. The number of hydrogen-bond acceptors (Lipinski definition) is 4. The summed E-state index contributed by atoms with van der Waals surface area (Å²) >= 11 is 0. The topological polar surface area (TPSA) is 39.7 Å². The smallest absolute Gasteiger partial charge is 0.168 e. The summed E-state index contributed by atoms with van der Waals surface area (Å²) in [4.78, 5) is 0. The van der Waals surface area contributed by atoms with Crippen LogP contribution < -0.4 is 5.32 Å². The van der Waals surface area contributed by atoms with Gasteiger partial charge in [0.25, 0.3) is 0 Å². The van der Waals surface area contributed by atoms with Gasteiger partial charge < -0.3 is 19.5 Å². The lowest BCUT2D eigenvalue weighted by atomic mass is 9.57. The van der Waals surface area contributed by atoms with Crippen LogP contribution in [0, 0.1) is 11.3 Å². The molecule has 4 rings (SSSR count). The maximum absolute atomic E-state index is 5.88. The van der Waals surface area contributed by atoms with Crippen LogP contribution in [0.2, 0.25) is 0 Å². The molecule has 2 saturated carbocycles. The van der Waals surface area contributed by atoms with Gasteiger partial charge in [0.2, 0.25) is 0 Å². The molecule has 4 nitrogen and oxygen atoms in total. The lowest BCUT2D eigenvalue weighted by Crippen LogP contribution is -2.67. The van der Waals surface area contributed by atoms with Gasteiger partial charge in [-0.3, -0.25) is 0 Å². The molecule has 2 aliphatic carbocycles. The van der Waals surface area contributed by atoms with E-state index in [9.17, 15) is 0 Å². The first-order valence-corrected chi connectivity index (χ1v) is 8.26. The van der Waals surface area contributed by atoms with Gasteiger partial charge in [-0.05, 0) is 19.3 Å². The Morgan fingerprint density at radius 1 is 0.950 bits per heavy atom. The molecular formula is C16H27NO3. The molecule has 0 amide bonds. The summed E-state index contributed by atoms with van der Waals surface area (Å²) in [5, 5.41) is 3.93. The van der Waals surface area contributed by atoms with Crippen molar-refractivity contribution < 1.29 is 14.2 Å². The zero-order valence-electron chi connectivity index (χ0n) is 12.7. The van der Waals surface area contributed by atoms with Crippen molar-refractivity contribution >= 4 is 0 Å². The summed E-state index contributed by atoms with van der Waals surface area (Å²) in [6, 6.07) is 1.25. The van der Waals surface area contributed by atoms with Crippen LogP contribution in [0.1, 0.15) is 46.0 Å². The Labute approximate surface area is 121 Å². The molecule has 0 bridgehead atoms. The van der Waals surface area contributed by atoms with Crippen molar-refractivity contribution in [1.29, 1.82) is 0 Å². The highest BCUT2D eigenvalue weighted by atomic mass is 16.7. The zero-order chi connectivity index (χ0) is 13.8. The van der Waals surface area contributed by atoms with E-state index < -0.39 is 0 Å². The minimum Gasteiger partial charge on any atom is -0.377 e. The fraction of sp³-hybridized carbons (Fsp3) is 1.00. The van der Waals surface area contributed by atoms with E-state index >= 15 is 0 Å². The molecule has 0 radical (unpaired) electrons. The van der Waals surface area contributed by atoms with Gasteiger partial charge in [0.15, 0.2) is 5.79 Å². The Kier molecular flexibility index (Phi) is 3.15. The minimum atomic E-state index is -0.230. The monoisotopic (exact) mass is 281 g/mol. The van der Waals surface area contributed by atoms with Crippen LogP contribution in [-0.2, 0) is 14.2 Å². The second-order valence-corrected chi connectivity index (χ2v) is 7.59. The highest BCUT2D eigenvalue weighted by Gasteiger charge is 2.59. The van der Waals surface area contributed by atoms with Crippen molar-refractivity contribution in [2.45, 2.75) is 69.9 Å². The highest BCUT2D eigenvalue weighted by molar-refractivity contribution is 5.12. The van der Waals surface area contributed by atoms with E-state index in [1.807, 2.05) is 0 Å². The number of hydrogen-bond donors (Lipinski definition) is 1. The molecule has 0 unspecified atom stereocenters. The zero-order valence-corrected chi connectivity index (χ0v) is 12.7. The Hall–Kier alpha value is -0.160. The van der Waals surface area contributed by atoms with Gasteiger partial charge in [0.05, 0.1) is 19.3 Å². The summed E-state index contributed by atoms with van der Waals surface area (Å²) in [6.45, 7) is 7.20. The second-order valence-electron chi connectivity index (χ2n) is 7.59. The van der Waals surface area contributed by atoms with Gasteiger partial charge in [-0.1, -0.05) is 13.8 Å². The van der Waals surface area contributed by atoms with E-state index in [1.165, 1.54) is 19.3 Å². The van der Waals surface area contributed by atoms with Crippen molar-refractivity contribution in [3.8, 4) is 0 Å². The highest BCUT2D eigenvalue weighted by Crippen LogP contribution is 2.52. The molecule has 0 aromatic carbocycles. The average Bonchev–Trinajstić information content (AvgIpc) is 3.07. The fourth-order valence-corrected chi connectivity index (χ4v) is 4.93. The van der Waals surface area contributed by atoms with Gasteiger partial charge in [-0.25, -0.2) is 0 Å². The largest absolute Gasteiger partial charge is 0.377 e.